The molecule has 0 aliphatic carbocycles. The van der Waals surface area contributed by atoms with Gasteiger partial charge in [0.15, 0.2) is 0 Å². The number of hydrogen-bond donors (Lipinski definition) is 1. The number of nitrogens with one attached hydrogen (secondary N) is 1. The van der Waals surface area contributed by atoms with Crippen molar-refractivity contribution in [3.05, 3.63) is 107 Å². The second kappa shape index (κ2) is 11.2. The Hall–Kier alpha value is -4.26. The fourth-order valence-electron chi connectivity index (χ4n) is 2.94. The Morgan fingerprint density at radius 2 is 1.66 bits per heavy atom. The van der Waals surface area contributed by atoms with E-state index in [-0.39, 0.29) is 13.1 Å². The molecule has 0 radical (unpaired) electrons. The maximum absolute atomic E-state index is 12.9. The summed E-state index contributed by atoms with van der Waals surface area (Å²) in [4.78, 5) is 42.2. The van der Waals surface area contributed by atoms with Crippen molar-refractivity contribution in [3.63, 3.8) is 0 Å². The van der Waals surface area contributed by atoms with Crippen LogP contribution >= 0.6 is 0 Å². The maximum Gasteiger partial charge on any atom is 0.330 e. The minimum absolute atomic E-state index is 0.282. The Morgan fingerprint density at radius 1 is 0.938 bits per heavy atom. The lowest BCUT2D eigenvalue weighted by molar-refractivity contribution is -0.134. The van der Waals surface area contributed by atoms with Gasteiger partial charge in [-0.2, -0.15) is 0 Å². The molecule has 0 aliphatic heterocycles. The fraction of sp³-hybridized carbons (Fsp3) is 0.120. The average Bonchev–Trinajstić information content (AvgIpc) is 2.84. The smallest absolute Gasteiger partial charge is 0.330 e. The number of esters is 1. The van der Waals surface area contributed by atoms with E-state index in [1.54, 1.807) is 54.9 Å². The van der Waals surface area contributed by atoms with E-state index < -0.39 is 17.9 Å². The predicted molar refractivity (Wildman–Crippen MR) is 120 cm³/mol. The van der Waals surface area contributed by atoms with Gasteiger partial charge < -0.3 is 9.64 Å². The predicted octanol–water partition coefficient (Wildman–Crippen LogP) is 3.82. The first kappa shape index (κ1) is 22.4. The summed E-state index contributed by atoms with van der Waals surface area (Å²) >= 11 is 0. The van der Waals surface area contributed by atoms with Gasteiger partial charge in [0.1, 0.15) is 0 Å². The Bertz CT molecular complexity index is 1080. The van der Waals surface area contributed by atoms with E-state index in [1.165, 1.54) is 18.1 Å². The molecule has 3 rings (SSSR count). The quantitative estimate of drug-likeness (QED) is 0.456. The van der Waals surface area contributed by atoms with Gasteiger partial charge in [0, 0.05) is 37.1 Å². The molecule has 0 aliphatic rings. The van der Waals surface area contributed by atoms with Crippen molar-refractivity contribution in [2.45, 2.75) is 13.1 Å². The van der Waals surface area contributed by atoms with Gasteiger partial charge in [-0.3, -0.25) is 15.1 Å². The minimum Gasteiger partial charge on any atom is -0.466 e. The lowest BCUT2D eigenvalue weighted by Crippen LogP contribution is -2.42. The van der Waals surface area contributed by atoms with Crippen molar-refractivity contribution in [3.8, 4) is 0 Å². The van der Waals surface area contributed by atoms with Crippen LogP contribution in [0.1, 0.15) is 27.0 Å². The highest BCUT2D eigenvalue weighted by Gasteiger charge is 2.18. The summed E-state index contributed by atoms with van der Waals surface area (Å²) < 4.78 is 4.59. The number of imide groups is 1. The zero-order valence-corrected chi connectivity index (χ0v) is 17.6. The van der Waals surface area contributed by atoms with Gasteiger partial charge in [-0.05, 0) is 41.0 Å². The first-order valence-corrected chi connectivity index (χ1v) is 9.94. The highest BCUT2D eigenvalue weighted by atomic mass is 16.5. The van der Waals surface area contributed by atoms with Gasteiger partial charge in [-0.1, -0.05) is 48.5 Å². The van der Waals surface area contributed by atoms with Crippen molar-refractivity contribution in [1.82, 2.24) is 15.2 Å². The first-order chi connectivity index (χ1) is 15.5. The maximum atomic E-state index is 12.9. The number of benzene rings is 2. The summed E-state index contributed by atoms with van der Waals surface area (Å²) in [5.41, 5.74) is 2.93. The van der Waals surface area contributed by atoms with Crippen LogP contribution in [0.4, 0.5) is 4.79 Å². The van der Waals surface area contributed by atoms with Gasteiger partial charge >= 0.3 is 12.0 Å². The number of amides is 3. The summed E-state index contributed by atoms with van der Waals surface area (Å²) in [7, 11) is 1.32. The summed E-state index contributed by atoms with van der Waals surface area (Å²) in [6, 6.07) is 19.1. The highest BCUT2D eigenvalue weighted by Crippen LogP contribution is 2.13. The van der Waals surface area contributed by atoms with Crippen LogP contribution in [-0.4, -0.2) is 34.9 Å². The fourth-order valence-corrected chi connectivity index (χ4v) is 2.94. The molecule has 0 spiro atoms. The largest absolute Gasteiger partial charge is 0.466 e. The topological polar surface area (TPSA) is 88.6 Å². The third-order valence-corrected chi connectivity index (χ3v) is 4.61. The highest BCUT2D eigenvalue weighted by molar-refractivity contribution is 6.04. The second-order valence-corrected chi connectivity index (χ2v) is 6.94. The molecule has 3 aromatic rings. The molecule has 0 unspecified atom stereocenters. The van der Waals surface area contributed by atoms with E-state index in [0.29, 0.717) is 5.56 Å². The number of aromatic nitrogens is 1. The van der Waals surface area contributed by atoms with E-state index >= 15 is 0 Å². The Kier molecular flexibility index (Phi) is 7.86. The molecule has 162 valence electrons. The third-order valence-electron chi connectivity index (χ3n) is 4.61. The van der Waals surface area contributed by atoms with Crippen LogP contribution in [0.25, 0.3) is 6.08 Å². The molecule has 1 N–H and O–H groups in total. The first-order valence-electron chi connectivity index (χ1n) is 9.94. The summed E-state index contributed by atoms with van der Waals surface area (Å²) in [5, 5.41) is 2.45. The van der Waals surface area contributed by atoms with Crippen molar-refractivity contribution in [1.29, 1.82) is 0 Å². The van der Waals surface area contributed by atoms with Crippen LogP contribution in [0, 0.1) is 0 Å². The van der Waals surface area contributed by atoms with E-state index in [1.807, 2.05) is 30.3 Å². The molecular weight excluding hydrogens is 406 g/mol. The Balaban J connectivity index is 1.74. The number of carbonyl (C=O) groups excluding carboxylic acids is 3. The molecule has 1 heterocycles. The SMILES string of the molecule is COC(=O)C=Cc1ccc(CN(Cc2cccnc2)C(=O)NC(=O)c2ccccc2)cc1. The number of rotatable bonds is 7. The molecule has 0 atom stereocenters. The van der Waals surface area contributed by atoms with E-state index in [9.17, 15) is 14.4 Å². The number of urea groups is 1. The van der Waals surface area contributed by atoms with E-state index in [2.05, 4.69) is 15.0 Å². The van der Waals surface area contributed by atoms with Crippen LogP contribution < -0.4 is 5.32 Å². The van der Waals surface area contributed by atoms with Crippen molar-refractivity contribution in [2.24, 2.45) is 0 Å². The lowest BCUT2D eigenvalue weighted by atomic mass is 10.1. The summed E-state index contributed by atoms with van der Waals surface area (Å²) in [6.07, 6.45) is 6.33. The van der Waals surface area contributed by atoms with E-state index in [0.717, 1.165) is 16.7 Å². The molecule has 7 nitrogen and oxygen atoms in total. The monoisotopic (exact) mass is 429 g/mol. The van der Waals surface area contributed by atoms with Crippen molar-refractivity contribution < 1.29 is 19.1 Å². The number of methoxy groups -OCH3 is 1. The van der Waals surface area contributed by atoms with Crippen LogP contribution in [0.15, 0.2) is 85.2 Å². The molecular formula is C25H23N3O4. The lowest BCUT2D eigenvalue weighted by Gasteiger charge is -2.23. The average molecular weight is 429 g/mol. The van der Waals surface area contributed by atoms with Gasteiger partial charge in [0.25, 0.3) is 5.91 Å². The Labute approximate surface area is 186 Å². The minimum atomic E-state index is -0.502. The van der Waals surface area contributed by atoms with Crippen LogP contribution in [0.3, 0.4) is 0 Å². The van der Waals surface area contributed by atoms with Gasteiger partial charge in [-0.15, -0.1) is 0 Å². The number of nitrogens with zero attached hydrogens (tertiary/aromatic N) is 2. The molecule has 7 heteroatoms. The number of ether oxygens (including phenoxy) is 1. The summed E-state index contributed by atoms with van der Waals surface area (Å²) in [5.74, 6) is -0.897. The van der Waals surface area contributed by atoms with Gasteiger partial charge in [-0.25, -0.2) is 9.59 Å². The van der Waals surface area contributed by atoms with E-state index in [4.69, 9.17) is 0 Å². The molecule has 2 aromatic carbocycles. The molecule has 1 aromatic heterocycles. The van der Waals surface area contributed by atoms with Gasteiger partial charge in [0.05, 0.1) is 7.11 Å². The number of pyridine rings is 1. The van der Waals surface area contributed by atoms with Crippen LogP contribution in [0.2, 0.25) is 0 Å². The summed E-state index contributed by atoms with van der Waals surface area (Å²) in [6.45, 7) is 0.565. The molecule has 32 heavy (non-hydrogen) atoms. The molecule has 0 fully saturated rings. The molecule has 3 amide bonds. The molecule has 0 saturated heterocycles. The zero-order chi connectivity index (χ0) is 22.8. The second-order valence-electron chi connectivity index (χ2n) is 6.94. The zero-order valence-electron chi connectivity index (χ0n) is 17.6. The Morgan fingerprint density at radius 3 is 2.31 bits per heavy atom. The van der Waals surface area contributed by atoms with Crippen molar-refractivity contribution >= 4 is 24.0 Å². The molecule has 0 bridgehead atoms. The standard InChI is InChI=1S/C25H23N3O4/c1-32-23(29)14-13-19-9-11-20(12-10-19)17-28(18-21-6-5-15-26-16-21)25(31)27-24(30)22-7-3-2-4-8-22/h2-16H,17-18H2,1H3,(H,27,30,31). The number of hydrogen-bond acceptors (Lipinski definition) is 5. The van der Waals surface area contributed by atoms with Crippen LogP contribution in [0.5, 0.6) is 0 Å². The van der Waals surface area contributed by atoms with Gasteiger partial charge in [0.2, 0.25) is 0 Å². The van der Waals surface area contributed by atoms with Crippen LogP contribution in [-0.2, 0) is 22.6 Å². The molecule has 0 saturated carbocycles. The third kappa shape index (κ3) is 6.63. The number of carbonyl (C=O) groups is 3. The normalized spacial score (nSPS) is 10.5. The van der Waals surface area contributed by atoms with Crippen molar-refractivity contribution in [2.75, 3.05) is 7.11 Å².